The van der Waals surface area contributed by atoms with E-state index in [1.54, 1.807) is 12.1 Å². The number of nitrogens with one attached hydrogen (secondary N) is 1. The van der Waals surface area contributed by atoms with E-state index < -0.39 is 4.92 Å². The Morgan fingerprint density at radius 3 is 2.81 bits per heavy atom. The molecule has 0 radical (unpaired) electrons. The second-order valence-electron chi connectivity index (χ2n) is 5.77. The lowest BCUT2D eigenvalue weighted by molar-refractivity contribution is -0.384. The normalized spacial score (nSPS) is 23.0. The first-order valence-electron chi connectivity index (χ1n) is 6.97. The Morgan fingerprint density at radius 2 is 2.29 bits per heavy atom. The van der Waals surface area contributed by atoms with Gasteiger partial charge in [0.25, 0.3) is 0 Å². The molecule has 0 spiro atoms. The molecule has 21 heavy (non-hydrogen) atoms. The number of nitro benzene ring substituents is 1. The molecule has 2 unspecified atom stereocenters. The van der Waals surface area contributed by atoms with Crippen molar-refractivity contribution in [2.45, 2.75) is 39.3 Å². The van der Waals surface area contributed by atoms with Gasteiger partial charge in [0.15, 0.2) is 0 Å². The van der Waals surface area contributed by atoms with Crippen molar-refractivity contribution in [3.05, 3.63) is 33.9 Å². The molecule has 0 aromatic heterocycles. The summed E-state index contributed by atoms with van der Waals surface area (Å²) in [6, 6.07) is 6.71. The van der Waals surface area contributed by atoms with E-state index in [0.717, 1.165) is 6.42 Å². The van der Waals surface area contributed by atoms with Crippen LogP contribution >= 0.6 is 0 Å². The summed E-state index contributed by atoms with van der Waals surface area (Å²) in [5.41, 5.74) is 0.207. The van der Waals surface area contributed by atoms with Crippen molar-refractivity contribution in [3.63, 3.8) is 0 Å². The van der Waals surface area contributed by atoms with E-state index in [1.807, 2.05) is 13.0 Å². The molecule has 1 aromatic rings. The minimum Gasteiger partial charge on any atom is -0.378 e. The van der Waals surface area contributed by atoms with Gasteiger partial charge in [0.2, 0.25) is 0 Å². The van der Waals surface area contributed by atoms with Crippen LogP contribution in [0.2, 0.25) is 0 Å². The molecule has 0 heterocycles. The maximum Gasteiger partial charge on any atom is 0.309 e. The van der Waals surface area contributed by atoms with Crippen LogP contribution in [-0.2, 0) is 4.74 Å². The highest BCUT2D eigenvalue weighted by molar-refractivity contribution is 5.69. The molecule has 1 fully saturated rings. The van der Waals surface area contributed by atoms with Crippen LogP contribution in [-0.4, -0.2) is 23.7 Å². The summed E-state index contributed by atoms with van der Waals surface area (Å²) >= 11 is 0. The van der Waals surface area contributed by atoms with Crippen LogP contribution in [0, 0.1) is 26.9 Å². The van der Waals surface area contributed by atoms with Gasteiger partial charge >= 0.3 is 5.69 Å². The number of nitro groups is 1. The van der Waals surface area contributed by atoms with Crippen LogP contribution in [0.1, 0.15) is 32.8 Å². The minimum absolute atomic E-state index is 0.0727. The summed E-state index contributed by atoms with van der Waals surface area (Å²) < 4.78 is 5.66. The van der Waals surface area contributed by atoms with Gasteiger partial charge in [0, 0.05) is 18.1 Å². The van der Waals surface area contributed by atoms with Crippen molar-refractivity contribution in [3.8, 4) is 6.07 Å². The van der Waals surface area contributed by atoms with E-state index in [0.29, 0.717) is 12.3 Å². The molecular weight excluding hydrogens is 270 g/mol. The number of hydrogen-bond donors (Lipinski definition) is 1. The highest BCUT2D eigenvalue weighted by Gasteiger charge is 2.49. The molecule has 2 rings (SSSR count). The number of benzene rings is 1. The summed E-state index contributed by atoms with van der Waals surface area (Å²) in [4.78, 5) is 10.7. The lowest BCUT2D eigenvalue weighted by Crippen LogP contribution is -2.58. The molecule has 0 saturated heterocycles. The van der Waals surface area contributed by atoms with E-state index in [1.165, 1.54) is 6.07 Å². The average Bonchev–Trinajstić information content (AvgIpc) is 2.45. The fourth-order valence-corrected chi connectivity index (χ4v) is 2.75. The Morgan fingerprint density at radius 1 is 1.57 bits per heavy atom. The Hall–Kier alpha value is -2.13. The molecule has 1 aliphatic carbocycles. The fourth-order valence-electron chi connectivity index (χ4n) is 2.75. The number of hydrogen-bond acceptors (Lipinski definition) is 5. The van der Waals surface area contributed by atoms with Crippen molar-refractivity contribution in [2.75, 3.05) is 11.9 Å². The van der Waals surface area contributed by atoms with Gasteiger partial charge in [-0.15, -0.1) is 0 Å². The van der Waals surface area contributed by atoms with E-state index >= 15 is 0 Å². The second kappa shape index (κ2) is 5.70. The number of para-hydroxylation sites is 1. The topological polar surface area (TPSA) is 88.2 Å². The van der Waals surface area contributed by atoms with E-state index in [4.69, 9.17) is 10.00 Å². The third-order valence-corrected chi connectivity index (χ3v) is 4.21. The molecule has 6 nitrogen and oxygen atoms in total. The number of anilines is 1. The average molecular weight is 289 g/mol. The lowest BCUT2D eigenvalue weighted by Gasteiger charge is -2.51. The second-order valence-corrected chi connectivity index (χ2v) is 5.77. The lowest BCUT2D eigenvalue weighted by atomic mass is 9.64. The quantitative estimate of drug-likeness (QED) is 0.664. The third kappa shape index (κ3) is 2.69. The maximum absolute atomic E-state index is 11.2. The summed E-state index contributed by atoms with van der Waals surface area (Å²) in [6.07, 6.45) is 0.951. The monoisotopic (exact) mass is 289 g/mol. The third-order valence-electron chi connectivity index (χ3n) is 4.21. The van der Waals surface area contributed by atoms with E-state index in [-0.39, 0.29) is 28.8 Å². The molecular formula is C15H19N3O3. The van der Waals surface area contributed by atoms with Gasteiger partial charge in [-0.25, -0.2) is 0 Å². The summed E-state index contributed by atoms with van der Waals surface area (Å²) in [6.45, 7) is 6.77. The largest absolute Gasteiger partial charge is 0.378 e. The van der Waals surface area contributed by atoms with Crippen LogP contribution in [0.25, 0.3) is 0 Å². The van der Waals surface area contributed by atoms with Gasteiger partial charge in [-0.3, -0.25) is 10.1 Å². The molecule has 0 bridgehead atoms. The van der Waals surface area contributed by atoms with Crippen molar-refractivity contribution in [1.29, 1.82) is 5.26 Å². The predicted octanol–water partition coefficient (Wildman–Crippen LogP) is 3.08. The molecule has 1 saturated carbocycles. The van der Waals surface area contributed by atoms with Gasteiger partial charge in [-0.05, 0) is 25.5 Å². The van der Waals surface area contributed by atoms with E-state index in [9.17, 15) is 10.1 Å². The number of nitrogens with zero attached hydrogens (tertiary/aromatic N) is 2. The Kier molecular flexibility index (Phi) is 4.14. The van der Waals surface area contributed by atoms with Gasteiger partial charge in [-0.1, -0.05) is 19.9 Å². The summed E-state index contributed by atoms with van der Waals surface area (Å²) in [5, 5.41) is 23.4. The van der Waals surface area contributed by atoms with Gasteiger partial charge < -0.3 is 10.1 Å². The zero-order chi connectivity index (χ0) is 15.6. The Balaban J connectivity index is 2.22. The zero-order valence-electron chi connectivity index (χ0n) is 12.4. The first kappa shape index (κ1) is 15.3. The molecule has 1 aromatic carbocycles. The molecule has 2 atom stereocenters. The molecule has 0 amide bonds. The fraction of sp³-hybridized carbons (Fsp3) is 0.533. The highest BCUT2D eigenvalue weighted by atomic mass is 16.6. The number of rotatable bonds is 5. The first-order valence-corrected chi connectivity index (χ1v) is 6.97. The first-order chi connectivity index (χ1) is 9.91. The molecule has 112 valence electrons. The van der Waals surface area contributed by atoms with Crippen molar-refractivity contribution < 1.29 is 9.66 Å². The van der Waals surface area contributed by atoms with Gasteiger partial charge in [0.1, 0.15) is 17.3 Å². The standard InChI is InChI=1S/C15H19N3O3/c1-4-21-13-8-12(15(13,2)3)17-11-7-5-6-10(9-16)14(11)18(19)20/h5-7,12-13,17H,4,8H2,1-3H3. The number of ether oxygens (including phenoxy) is 1. The van der Waals surface area contributed by atoms with Crippen LogP contribution in [0.4, 0.5) is 11.4 Å². The van der Waals surface area contributed by atoms with Crippen LogP contribution in [0.3, 0.4) is 0 Å². The van der Waals surface area contributed by atoms with Crippen LogP contribution in [0.5, 0.6) is 0 Å². The van der Waals surface area contributed by atoms with Crippen molar-refractivity contribution >= 4 is 11.4 Å². The van der Waals surface area contributed by atoms with Gasteiger partial charge in [-0.2, -0.15) is 5.26 Å². The SMILES string of the molecule is CCOC1CC(Nc2cccc(C#N)c2[N+](=O)[O-])C1(C)C. The van der Waals surface area contributed by atoms with Gasteiger partial charge in [0.05, 0.1) is 11.0 Å². The number of nitriles is 1. The predicted molar refractivity (Wildman–Crippen MR) is 79.0 cm³/mol. The zero-order valence-corrected chi connectivity index (χ0v) is 12.4. The Labute approximate surface area is 123 Å². The minimum atomic E-state index is -0.507. The van der Waals surface area contributed by atoms with Crippen molar-refractivity contribution in [1.82, 2.24) is 0 Å². The molecule has 1 N–H and O–H groups in total. The van der Waals surface area contributed by atoms with Crippen LogP contribution in [0.15, 0.2) is 18.2 Å². The molecule has 0 aliphatic heterocycles. The van der Waals surface area contributed by atoms with Crippen LogP contribution < -0.4 is 5.32 Å². The smallest absolute Gasteiger partial charge is 0.309 e. The van der Waals surface area contributed by atoms with Crippen molar-refractivity contribution in [2.24, 2.45) is 5.41 Å². The maximum atomic E-state index is 11.2. The Bertz CT molecular complexity index is 592. The van der Waals surface area contributed by atoms with E-state index in [2.05, 4.69) is 19.2 Å². The molecule has 1 aliphatic rings. The molecule has 6 heteroatoms. The summed E-state index contributed by atoms with van der Waals surface area (Å²) in [5.74, 6) is 0. The highest BCUT2D eigenvalue weighted by Crippen LogP contribution is 2.45. The summed E-state index contributed by atoms with van der Waals surface area (Å²) in [7, 11) is 0.